The predicted molar refractivity (Wildman–Crippen MR) is 106 cm³/mol. The van der Waals surface area contributed by atoms with Crippen molar-refractivity contribution >= 4 is 23.3 Å². The van der Waals surface area contributed by atoms with Crippen molar-refractivity contribution in [3.8, 4) is 0 Å². The molecule has 1 aromatic heterocycles. The maximum absolute atomic E-state index is 12.7. The number of hydrogen-bond donors (Lipinski definition) is 1. The van der Waals surface area contributed by atoms with Crippen LogP contribution in [-0.4, -0.2) is 73.3 Å². The van der Waals surface area contributed by atoms with Gasteiger partial charge in [-0.15, -0.1) is 0 Å². The highest BCUT2D eigenvalue weighted by Crippen LogP contribution is 2.12. The van der Waals surface area contributed by atoms with Crippen molar-refractivity contribution in [2.24, 2.45) is 0 Å². The molecule has 2 rings (SSSR count). The lowest BCUT2D eigenvalue weighted by atomic mass is 10.2. The maximum atomic E-state index is 12.7. The number of carbonyl (C=O) groups excluding carboxylic acids is 2. The molecule has 1 aliphatic heterocycles. The molecule has 0 saturated carbocycles. The smallest absolute Gasteiger partial charge is 0.330 e. The van der Waals surface area contributed by atoms with Crippen LogP contribution in [0.15, 0.2) is 16.8 Å². The molecule has 1 atom stereocenters. The van der Waals surface area contributed by atoms with Gasteiger partial charge in [-0.3, -0.25) is 4.90 Å². The molecule has 0 aliphatic carbocycles. The molecule has 1 aromatic rings. The van der Waals surface area contributed by atoms with Crippen LogP contribution in [0, 0.1) is 0 Å². The summed E-state index contributed by atoms with van der Waals surface area (Å²) in [5.74, 6) is -0.499. The molecule has 2 amide bonds. The third-order valence-corrected chi connectivity index (χ3v) is 5.06. The highest BCUT2D eigenvalue weighted by atomic mass is 32.1. The van der Waals surface area contributed by atoms with Crippen molar-refractivity contribution in [1.29, 1.82) is 0 Å². The Bertz CT molecular complexity index is 601. The minimum Gasteiger partial charge on any atom is -0.467 e. The Labute approximate surface area is 165 Å². The zero-order valence-corrected chi connectivity index (χ0v) is 17.5. The number of amides is 2. The molecular weight excluding hydrogens is 366 g/mol. The largest absolute Gasteiger partial charge is 0.467 e. The van der Waals surface area contributed by atoms with Crippen LogP contribution in [0.1, 0.15) is 32.8 Å². The second-order valence-corrected chi connectivity index (χ2v) is 8.48. The van der Waals surface area contributed by atoms with Crippen molar-refractivity contribution in [2.75, 3.05) is 39.9 Å². The Morgan fingerprint density at radius 1 is 1.26 bits per heavy atom. The molecule has 2 heterocycles. The van der Waals surface area contributed by atoms with Crippen LogP contribution >= 0.6 is 11.3 Å². The van der Waals surface area contributed by atoms with E-state index in [2.05, 4.69) is 27.0 Å². The fourth-order valence-corrected chi connectivity index (χ4v) is 3.52. The van der Waals surface area contributed by atoms with Gasteiger partial charge in [0.1, 0.15) is 0 Å². The van der Waals surface area contributed by atoms with E-state index in [-0.39, 0.29) is 12.6 Å². The van der Waals surface area contributed by atoms with Crippen molar-refractivity contribution < 1.29 is 19.1 Å². The molecular formula is C19H31N3O4S. The first-order chi connectivity index (χ1) is 12.8. The van der Waals surface area contributed by atoms with Crippen LogP contribution in [0.3, 0.4) is 0 Å². The van der Waals surface area contributed by atoms with Crippen LogP contribution in [0.2, 0.25) is 0 Å². The summed E-state index contributed by atoms with van der Waals surface area (Å²) in [4.78, 5) is 28.8. The van der Waals surface area contributed by atoms with Crippen molar-refractivity contribution in [2.45, 2.75) is 45.4 Å². The summed E-state index contributed by atoms with van der Waals surface area (Å²) in [7, 11) is 1.31. The Hall–Kier alpha value is -1.64. The van der Waals surface area contributed by atoms with Crippen LogP contribution in [0.25, 0.3) is 0 Å². The molecule has 7 nitrogen and oxygen atoms in total. The van der Waals surface area contributed by atoms with Crippen LogP contribution in [0.5, 0.6) is 0 Å². The summed E-state index contributed by atoms with van der Waals surface area (Å²) in [5.41, 5.74) is 0.907. The summed E-state index contributed by atoms with van der Waals surface area (Å²) >= 11 is 1.70. The molecule has 0 bridgehead atoms. The number of methoxy groups -OCH3 is 1. The zero-order valence-electron chi connectivity index (χ0n) is 16.7. The lowest BCUT2D eigenvalue weighted by molar-refractivity contribution is -0.146. The number of rotatable bonds is 6. The van der Waals surface area contributed by atoms with Crippen LogP contribution < -0.4 is 5.32 Å². The molecule has 0 spiro atoms. The molecule has 1 fully saturated rings. The van der Waals surface area contributed by atoms with Gasteiger partial charge in [-0.2, -0.15) is 11.3 Å². The summed E-state index contributed by atoms with van der Waals surface area (Å²) in [6, 6.07) is 1.07. The number of esters is 1. The first-order valence-electron chi connectivity index (χ1n) is 9.29. The van der Waals surface area contributed by atoms with Gasteiger partial charge in [0, 0.05) is 32.7 Å². The van der Waals surface area contributed by atoms with E-state index in [1.807, 2.05) is 20.8 Å². The SMILES string of the molecule is COC(=O)C(COC(C)(C)C)NC(=O)N1CCCN(Cc2ccsc2)CC1. The third kappa shape index (κ3) is 7.48. The fourth-order valence-electron chi connectivity index (χ4n) is 2.86. The number of urea groups is 1. The summed E-state index contributed by atoms with van der Waals surface area (Å²) in [6.45, 7) is 9.76. The molecule has 8 heteroatoms. The maximum Gasteiger partial charge on any atom is 0.330 e. The van der Waals surface area contributed by atoms with Gasteiger partial charge < -0.3 is 19.7 Å². The van der Waals surface area contributed by atoms with Crippen molar-refractivity contribution in [3.63, 3.8) is 0 Å². The minimum absolute atomic E-state index is 0.0834. The van der Waals surface area contributed by atoms with Gasteiger partial charge in [-0.25, -0.2) is 9.59 Å². The lowest BCUT2D eigenvalue weighted by Gasteiger charge is -2.27. The van der Waals surface area contributed by atoms with E-state index in [1.54, 1.807) is 16.2 Å². The molecule has 1 N–H and O–H groups in total. The normalized spacial score (nSPS) is 17.3. The minimum atomic E-state index is -0.813. The van der Waals surface area contributed by atoms with E-state index in [0.29, 0.717) is 13.1 Å². The summed E-state index contributed by atoms with van der Waals surface area (Å²) in [5, 5.41) is 7.01. The number of nitrogens with one attached hydrogen (secondary N) is 1. The average molecular weight is 398 g/mol. The number of carbonyl (C=O) groups is 2. The average Bonchev–Trinajstić information content (AvgIpc) is 3.01. The van der Waals surface area contributed by atoms with E-state index in [4.69, 9.17) is 9.47 Å². The van der Waals surface area contributed by atoms with Gasteiger partial charge in [-0.05, 0) is 49.6 Å². The van der Waals surface area contributed by atoms with Crippen molar-refractivity contribution in [3.05, 3.63) is 22.4 Å². The van der Waals surface area contributed by atoms with Crippen LogP contribution in [0.4, 0.5) is 4.79 Å². The summed E-state index contributed by atoms with van der Waals surface area (Å²) in [6.07, 6.45) is 0.902. The second kappa shape index (κ2) is 10.1. The Morgan fingerprint density at radius 3 is 2.67 bits per heavy atom. The van der Waals surface area contributed by atoms with E-state index in [9.17, 15) is 9.59 Å². The van der Waals surface area contributed by atoms with Gasteiger partial charge >= 0.3 is 12.0 Å². The van der Waals surface area contributed by atoms with Crippen LogP contribution in [-0.2, 0) is 20.8 Å². The third-order valence-electron chi connectivity index (χ3n) is 4.33. The second-order valence-electron chi connectivity index (χ2n) is 7.70. The number of nitrogens with zero attached hydrogens (tertiary/aromatic N) is 2. The predicted octanol–water partition coefficient (Wildman–Crippen LogP) is 2.32. The molecule has 152 valence electrons. The molecule has 0 aromatic carbocycles. The highest BCUT2D eigenvalue weighted by Gasteiger charge is 2.27. The zero-order chi connectivity index (χ0) is 19.9. The van der Waals surface area contributed by atoms with E-state index >= 15 is 0 Å². The number of ether oxygens (including phenoxy) is 2. The van der Waals surface area contributed by atoms with Gasteiger partial charge in [0.15, 0.2) is 6.04 Å². The first kappa shape index (κ1) is 21.7. The standard InChI is InChI=1S/C19H31N3O4S/c1-19(2,3)26-13-16(17(23)25-4)20-18(24)22-8-5-7-21(9-10-22)12-15-6-11-27-14-15/h6,11,14,16H,5,7-10,12-13H2,1-4H3,(H,20,24). The quantitative estimate of drug-likeness (QED) is 0.746. The van der Waals surface area contributed by atoms with Gasteiger partial charge in [0.2, 0.25) is 0 Å². The Morgan fingerprint density at radius 2 is 2.04 bits per heavy atom. The topological polar surface area (TPSA) is 71.1 Å². The van der Waals surface area contributed by atoms with E-state index in [1.165, 1.54) is 12.7 Å². The fraction of sp³-hybridized carbons (Fsp3) is 0.684. The molecule has 1 aliphatic rings. The number of hydrogen-bond acceptors (Lipinski definition) is 6. The first-order valence-corrected chi connectivity index (χ1v) is 10.2. The van der Waals surface area contributed by atoms with Gasteiger partial charge in [0.05, 0.1) is 19.3 Å². The highest BCUT2D eigenvalue weighted by molar-refractivity contribution is 7.07. The monoisotopic (exact) mass is 397 g/mol. The Balaban J connectivity index is 1.87. The molecule has 1 unspecified atom stereocenters. The molecule has 0 radical (unpaired) electrons. The van der Waals surface area contributed by atoms with E-state index in [0.717, 1.165) is 26.1 Å². The van der Waals surface area contributed by atoms with Gasteiger partial charge in [0.25, 0.3) is 0 Å². The number of thiophene rings is 1. The lowest BCUT2D eigenvalue weighted by Crippen LogP contribution is -2.51. The van der Waals surface area contributed by atoms with Crippen molar-refractivity contribution in [1.82, 2.24) is 15.1 Å². The summed E-state index contributed by atoms with van der Waals surface area (Å²) < 4.78 is 10.5. The molecule has 1 saturated heterocycles. The van der Waals surface area contributed by atoms with Gasteiger partial charge in [-0.1, -0.05) is 0 Å². The van der Waals surface area contributed by atoms with E-state index < -0.39 is 17.6 Å². The Kier molecular flexibility index (Phi) is 8.07. The molecule has 27 heavy (non-hydrogen) atoms.